The van der Waals surface area contributed by atoms with Crippen LogP contribution in [0.3, 0.4) is 0 Å². The molecule has 0 radical (unpaired) electrons. The molecule has 0 amide bonds. The average Bonchev–Trinajstić information content (AvgIpc) is 1.66. The summed E-state index contributed by atoms with van der Waals surface area (Å²) in [7, 11) is 0. The lowest BCUT2D eigenvalue weighted by Crippen LogP contribution is -1.84. The van der Waals surface area contributed by atoms with Gasteiger partial charge in [0.05, 0.1) is 0 Å². The van der Waals surface area contributed by atoms with Gasteiger partial charge in [0.1, 0.15) is 0 Å². The van der Waals surface area contributed by atoms with E-state index in [2.05, 4.69) is 24.1 Å². The monoisotopic (exact) mass is 112 g/mol. The number of hydrogen-bond donors (Lipinski definition) is 0. The Kier molecular flexibility index (Phi) is 4.13. The molecule has 8 heavy (non-hydrogen) atoms. The summed E-state index contributed by atoms with van der Waals surface area (Å²) in [5.74, 6) is 0.499. The van der Waals surface area contributed by atoms with Crippen molar-refractivity contribution in [3.8, 4) is 0 Å². The van der Waals surface area contributed by atoms with Crippen LogP contribution in [0.1, 0.15) is 20.8 Å². The molecule has 0 aliphatic heterocycles. The minimum Gasteiger partial charge on any atom is -0.164 e. The van der Waals surface area contributed by atoms with Crippen LogP contribution in [0.5, 0.6) is 0 Å². The Hall–Kier alpha value is -0.660. The molecule has 0 aliphatic carbocycles. The summed E-state index contributed by atoms with van der Waals surface area (Å²) in [5.41, 5.74) is 0. The van der Waals surface area contributed by atoms with Gasteiger partial charge in [0.2, 0.25) is 0 Å². The molecule has 0 saturated carbocycles. The van der Waals surface area contributed by atoms with E-state index in [-0.39, 0.29) is 0 Å². The molecule has 0 aromatic rings. The van der Waals surface area contributed by atoms with Gasteiger partial charge in [-0.1, -0.05) is 13.8 Å². The molecule has 0 rings (SSSR count). The van der Waals surface area contributed by atoms with Crippen molar-refractivity contribution in [2.24, 2.45) is 16.1 Å². The Balaban J connectivity index is 3.34. The molecule has 0 unspecified atom stereocenters. The van der Waals surface area contributed by atoms with Crippen LogP contribution in [0.15, 0.2) is 10.2 Å². The molecule has 2 nitrogen and oxygen atoms in total. The molecule has 0 fully saturated rings. The number of rotatable bonds is 2. The maximum absolute atomic E-state index is 3.73. The van der Waals surface area contributed by atoms with E-state index in [1.54, 1.807) is 12.4 Å². The smallest absolute Gasteiger partial charge is 0.0295 e. The third-order valence-electron chi connectivity index (χ3n) is 0.547. The standard InChI is InChI=1S/C6H12N2/c1-4-7-8-5-6(2)3/h4-6H,1-3H3/b7-4+,8-5+. The summed E-state index contributed by atoms with van der Waals surface area (Å²) < 4.78 is 0. The average molecular weight is 112 g/mol. The maximum atomic E-state index is 3.73. The van der Waals surface area contributed by atoms with E-state index in [0.717, 1.165) is 0 Å². The molecule has 0 bridgehead atoms. The fourth-order valence-electron chi connectivity index (χ4n) is 0.238. The van der Waals surface area contributed by atoms with E-state index in [1.165, 1.54) is 0 Å². The van der Waals surface area contributed by atoms with Crippen LogP contribution in [-0.4, -0.2) is 12.4 Å². The van der Waals surface area contributed by atoms with E-state index in [0.29, 0.717) is 5.92 Å². The highest BCUT2D eigenvalue weighted by Crippen LogP contribution is 1.83. The van der Waals surface area contributed by atoms with E-state index in [1.807, 2.05) is 6.92 Å². The highest BCUT2D eigenvalue weighted by molar-refractivity contribution is 5.61. The van der Waals surface area contributed by atoms with Crippen LogP contribution < -0.4 is 0 Å². The second-order valence-electron chi connectivity index (χ2n) is 1.88. The molecule has 0 aromatic carbocycles. The van der Waals surface area contributed by atoms with Crippen molar-refractivity contribution in [2.75, 3.05) is 0 Å². The van der Waals surface area contributed by atoms with Crippen LogP contribution in [0.25, 0.3) is 0 Å². The normalized spacial score (nSPS) is 12.5. The predicted octanol–water partition coefficient (Wildman–Crippen LogP) is 1.72. The van der Waals surface area contributed by atoms with Gasteiger partial charge in [-0.05, 0) is 12.8 Å². The first kappa shape index (κ1) is 7.34. The van der Waals surface area contributed by atoms with Gasteiger partial charge in [0, 0.05) is 12.4 Å². The summed E-state index contributed by atoms with van der Waals surface area (Å²) >= 11 is 0. The fourth-order valence-corrected chi connectivity index (χ4v) is 0.238. The Morgan fingerprint density at radius 1 is 1.25 bits per heavy atom. The summed E-state index contributed by atoms with van der Waals surface area (Å²) in [6.45, 7) is 5.97. The third kappa shape index (κ3) is 5.34. The first-order chi connectivity index (χ1) is 3.77. The van der Waals surface area contributed by atoms with E-state index in [9.17, 15) is 0 Å². The second kappa shape index (κ2) is 4.50. The van der Waals surface area contributed by atoms with Crippen molar-refractivity contribution in [1.29, 1.82) is 0 Å². The summed E-state index contributed by atoms with van der Waals surface area (Å²) in [6, 6.07) is 0. The summed E-state index contributed by atoms with van der Waals surface area (Å²) in [4.78, 5) is 0. The van der Waals surface area contributed by atoms with Gasteiger partial charge in [-0.15, -0.1) is 0 Å². The zero-order valence-corrected chi connectivity index (χ0v) is 5.63. The van der Waals surface area contributed by atoms with Gasteiger partial charge in [0.15, 0.2) is 0 Å². The summed E-state index contributed by atoms with van der Waals surface area (Å²) in [5, 5.41) is 7.39. The van der Waals surface area contributed by atoms with Crippen molar-refractivity contribution in [1.82, 2.24) is 0 Å². The lowest BCUT2D eigenvalue weighted by Gasteiger charge is -1.86. The SMILES string of the molecule is C/C=N/N=C/C(C)C. The summed E-state index contributed by atoms with van der Waals surface area (Å²) in [6.07, 6.45) is 3.47. The quantitative estimate of drug-likeness (QED) is 0.384. The zero-order chi connectivity index (χ0) is 6.41. The molecule has 2 heteroatoms. The van der Waals surface area contributed by atoms with Crippen molar-refractivity contribution in [2.45, 2.75) is 20.8 Å². The van der Waals surface area contributed by atoms with Crippen LogP contribution in [0.4, 0.5) is 0 Å². The van der Waals surface area contributed by atoms with Crippen molar-refractivity contribution >= 4 is 12.4 Å². The lowest BCUT2D eigenvalue weighted by atomic mass is 10.3. The van der Waals surface area contributed by atoms with E-state index >= 15 is 0 Å². The van der Waals surface area contributed by atoms with Gasteiger partial charge in [0.25, 0.3) is 0 Å². The molecular weight excluding hydrogens is 100 g/mol. The van der Waals surface area contributed by atoms with Crippen LogP contribution >= 0.6 is 0 Å². The van der Waals surface area contributed by atoms with Crippen molar-refractivity contribution < 1.29 is 0 Å². The molecule has 0 aromatic heterocycles. The molecule has 0 atom stereocenters. The van der Waals surface area contributed by atoms with E-state index < -0.39 is 0 Å². The minimum atomic E-state index is 0.499. The molecular formula is C6H12N2. The largest absolute Gasteiger partial charge is 0.164 e. The fraction of sp³-hybridized carbons (Fsp3) is 0.667. The molecule has 0 N–H and O–H groups in total. The number of hydrogen-bond acceptors (Lipinski definition) is 2. The van der Waals surface area contributed by atoms with Crippen molar-refractivity contribution in [3.05, 3.63) is 0 Å². The topological polar surface area (TPSA) is 24.7 Å². The number of nitrogens with zero attached hydrogens (tertiary/aromatic N) is 2. The van der Waals surface area contributed by atoms with Crippen LogP contribution in [0, 0.1) is 5.92 Å². The van der Waals surface area contributed by atoms with Gasteiger partial charge < -0.3 is 0 Å². The Morgan fingerprint density at radius 2 is 1.88 bits per heavy atom. The highest BCUT2D eigenvalue weighted by Gasteiger charge is 1.80. The Labute approximate surface area is 50.3 Å². The lowest BCUT2D eigenvalue weighted by molar-refractivity contribution is 0.900. The molecule has 0 aliphatic rings. The molecule has 0 heterocycles. The Bertz CT molecular complexity index is 92.7. The zero-order valence-electron chi connectivity index (χ0n) is 5.63. The predicted molar refractivity (Wildman–Crippen MR) is 37.5 cm³/mol. The van der Waals surface area contributed by atoms with Gasteiger partial charge in [-0.25, -0.2) is 0 Å². The van der Waals surface area contributed by atoms with E-state index in [4.69, 9.17) is 0 Å². The van der Waals surface area contributed by atoms with Crippen molar-refractivity contribution in [3.63, 3.8) is 0 Å². The molecule has 0 saturated heterocycles. The van der Waals surface area contributed by atoms with Gasteiger partial charge in [-0.3, -0.25) is 0 Å². The highest BCUT2D eigenvalue weighted by atomic mass is 15.2. The molecule has 46 valence electrons. The first-order valence-electron chi connectivity index (χ1n) is 2.78. The van der Waals surface area contributed by atoms with Gasteiger partial charge in [-0.2, -0.15) is 10.2 Å². The van der Waals surface area contributed by atoms with Gasteiger partial charge >= 0.3 is 0 Å². The first-order valence-corrected chi connectivity index (χ1v) is 2.78. The Morgan fingerprint density at radius 3 is 2.25 bits per heavy atom. The molecule has 0 spiro atoms. The maximum Gasteiger partial charge on any atom is 0.0295 e. The minimum absolute atomic E-state index is 0.499. The second-order valence-corrected chi connectivity index (χ2v) is 1.88. The third-order valence-corrected chi connectivity index (χ3v) is 0.547. The van der Waals surface area contributed by atoms with Crippen LogP contribution in [0.2, 0.25) is 0 Å². The van der Waals surface area contributed by atoms with Crippen LogP contribution in [-0.2, 0) is 0 Å².